The molecule has 2 aromatic carbocycles. The minimum atomic E-state index is -0.513. The average Bonchev–Trinajstić information content (AvgIpc) is 3.54. The van der Waals surface area contributed by atoms with Crippen molar-refractivity contribution in [2.24, 2.45) is 34.5 Å². The van der Waals surface area contributed by atoms with Crippen molar-refractivity contribution >= 4 is 22.5 Å². The summed E-state index contributed by atoms with van der Waals surface area (Å²) in [7, 11) is 0. The van der Waals surface area contributed by atoms with Gasteiger partial charge in [0.25, 0.3) is 11.5 Å². The lowest BCUT2D eigenvalue weighted by Crippen LogP contribution is -2.54. The number of aromatic amines is 1. The van der Waals surface area contributed by atoms with Crippen LogP contribution in [0.3, 0.4) is 0 Å². The fraction of sp³-hybridized carbons (Fsp3) is 0.652. The quantitative estimate of drug-likeness (QED) is 0.187. The largest absolute Gasteiger partial charge is 0.378 e. The van der Waals surface area contributed by atoms with E-state index < -0.39 is 5.82 Å². The van der Waals surface area contributed by atoms with Crippen molar-refractivity contribution in [2.75, 3.05) is 39.3 Å². The monoisotopic (exact) mass is 752 g/mol. The van der Waals surface area contributed by atoms with E-state index >= 15 is 0 Å². The van der Waals surface area contributed by atoms with Gasteiger partial charge in [-0.25, -0.2) is 9.49 Å². The van der Waals surface area contributed by atoms with Gasteiger partial charge in [-0.15, -0.1) is 0 Å². The number of piperazine rings is 1. The van der Waals surface area contributed by atoms with Gasteiger partial charge in [-0.2, -0.15) is 5.10 Å². The van der Waals surface area contributed by atoms with Crippen LogP contribution in [0.2, 0.25) is 0 Å². The van der Waals surface area contributed by atoms with Crippen molar-refractivity contribution in [3.05, 3.63) is 75.5 Å². The molecule has 4 aliphatic carbocycles. The molecule has 1 N–H and O–H groups in total. The smallest absolute Gasteiger partial charge is 0.272 e. The predicted octanol–water partition coefficient (Wildman–Crippen LogP) is 8.36. The number of unbranched alkanes of at least 4 members (excludes halogenated alkanes) is 4. The van der Waals surface area contributed by atoms with Gasteiger partial charge in [-0.05, 0) is 123 Å². The highest BCUT2D eigenvalue weighted by Crippen LogP contribution is 2.66. The van der Waals surface area contributed by atoms with Crippen LogP contribution in [0.25, 0.3) is 10.8 Å². The third-order valence-corrected chi connectivity index (χ3v) is 15.4. The molecule has 5 aliphatic rings. The van der Waals surface area contributed by atoms with Gasteiger partial charge in [0.05, 0.1) is 22.7 Å². The molecule has 0 radical (unpaired) electrons. The fourth-order valence-electron chi connectivity index (χ4n) is 12.2. The van der Waals surface area contributed by atoms with Crippen molar-refractivity contribution in [2.45, 2.75) is 116 Å². The van der Waals surface area contributed by atoms with E-state index in [-0.39, 0.29) is 17.0 Å². The standard InChI is InChI=1S/C46H61FN4O4/c1-45-20-18-33(52)30-32(45)13-14-36-38-15-17-42(46(38,2)21-19-39(36)45)55-27-9-5-3-4-8-22-50-23-25-51(26-24-50)44(54)37-28-31(12-16-40(37)47)29-41-34-10-6-7-11-35(34)43(53)49-48-41/h6-7,10-12,16,28,32,36,38-39,42H,3-5,8-9,13-15,17-27,29-30H2,1-2H3,(H,49,53)/t32-,36-,38-,39-,42-,45-,46-/m0/s1. The third-order valence-electron chi connectivity index (χ3n) is 15.4. The molecule has 0 unspecified atom stereocenters. The number of halogens is 1. The number of hydrogen-bond acceptors (Lipinski definition) is 6. The molecule has 0 bridgehead atoms. The van der Waals surface area contributed by atoms with Gasteiger partial charge in [0.1, 0.15) is 11.6 Å². The van der Waals surface area contributed by atoms with E-state index in [0.717, 1.165) is 87.0 Å². The van der Waals surface area contributed by atoms with Gasteiger partial charge < -0.3 is 9.64 Å². The van der Waals surface area contributed by atoms with Crippen LogP contribution < -0.4 is 5.56 Å². The maximum atomic E-state index is 15.0. The number of carbonyl (C=O) groups excluding carboxylic acids is 2. The molecule has 2 heterocycles. The Kier molecular flexibility index (Phi) is 11.3. The Morgan fingerprint density at radius 2 is 1.64 bits per heavy atom. The van der Waals surface area contributed by atoms with E-state index in [9.17, 15) is 18.8 Å². The van der Waals surface area contributed by atoms with Crippen LogP contribution >= 0.6 is 0 Å². The molecule has 1 aromatic heterocycles. The number of benzene rings is 2. The first-order valence-corrected chi connectivity index (χ1v) is 21.5. The number of hydrogen-bond donors (Lipinski definition) is 1. The Morgan fingerprint density at radius 1 is 0.873 bits per heavy atom. The molecular formula is C46H61FN4O4. The molecule has 8 rings (SSSR count). The summed E-state index contributed by atoms with van der Waals surface area (Å²) >= 11 is 0. The number of nitrogens with zero attached hydrogens (tertiary/aromatic N) is 3. The summed E-state index contributed by atoms with van der Waals surface area (Å²) in [5.41, 5.74) is 2.00. The van der Waals surface area contributed by atoms with E-state index in [2.05, 4.69) is 28.9 Å². The molecule has 0 spiro atoms. The SMILES string of the molecule is C[C@]12CCC(=O)C[C@@H]1CC[C@@H]1[C@@H]2CC[C@]2(C)[C@@H](OCCCCCCCN3CCN(C(=O)c4cc(Cc5n[nH]c(=O)c6ccccc56)ccc4F)CC3)CC[C@@H]12. The molecule has 1 amide bonds. The molecular weight excluding hydrogens is 692 g/mol. The summed E-state index contributed by atoms with van der Waals surface area (Å²) in [6.45, 7) is 9.79. The summed E-state index contributed by atoms with van der Waals surface area (Å²) in [6, 6.07) is 12.0. The van der Waals surface area contributed by atoms with E-state index in [0.29, 0.717) is 59.2 Å². The number of nitrogens with one attached hydrogen (secondary N) is 1. The minimum absolute atomic E-state index is 0.0912. The lowest BCUT2D eigenvalue weighted by molar-refractivity contribution is -0.145. The maximum Gasteiger partial charge on any atom is 0.272 e. The summed E-state index contributed by atoms with van der Waals surface area (Å²) in [5.74, 6) is 2.77. The molecule has 9 heteroatoms. The number of aromatic nitrogens is 2. The van der Waals surface area contributed by atoms with Gasteiger partial charge in [0.15, 0.2) is 0 Å². The Balaban J connectivity index is 0.726. The van der Waals surface area contributed by atoms with Gasteiger partial charge in [0, 0.05) is 57.4 Å². The average molecular weight is 753 g/mol. The molecule has 4 saturated carbocycles. The summed E-state index contributed by atoms with van der Waals surface area (Å²) < 4.78 is 21.7. The summed E-state index contributed by atoms with van der Waals surface area (Å²) in [4.78, 5) is 42.1. The van der Waals surface area contributed by atoms with Crippen LogP contribution in [0.15, 0.2) is 47.3 Å². The molecule has 7 atom stereocenters. The number of ketones is 1. The van der Waals surface area contributed by atoms with Gasteiger partial charge in [-0.3, -0.25) is 19.3 Å². The number of rotatable bonds is 12. The van der Waals surface area contributed by atoms with Gasteiger partial charge in [0.2, 0.25) is 0 Å². The molecule has 55 heavy (non-hydrogen) atoms. The number of ether oxygens (including phenoxy) is 1. The number of fused-ring (bicyclic) bond motifs is 6. The molecule has 5 fully saturated rings. The number of Topliss-reactive ketones (excluding diaryl/α,β-unsaturated/α-hetero) is 1. The van der Waals surface area contributed by atoms with Crippen LogP contribution in [0, 0.1) is 40.3 Å². The topological polar surface area (TPSA) is 95.6 Å². The van der Waals surface area contributed by atoms with Crippen LogP contribution in [0.1, 0.15) is 125 Å². The van der Waals surface area contributed by atoms with E-state index in [1.807, 2.05) is 18.2 Å². The fourth-order valence-corrected chi connectivity index (χ4v) is 12.2. The first kappa shape index (κ1) is 38.4. The summed E-state index contributed by atoms with van der Waals surface area (Å²) in [6.07, 6.45) is 17.2. The van der Waals surface area contributed by atoms with Crippen molar-refractivity contribution in [3.63, 3.8) is 0 Å². The molecule has 3 aromatic rings. The molecule has 1 aliphatic heterocycles. The first-order valence-electron chi connectivity index (χ1n) is 21.5. The lowest BCUT2D eigenvalue weighted by Gasteiger charge is -2.60. The summed E-state index contributed by atoms with van der Waals surface area (Å²) in [5, 5.41) is 8.13. The zero-order valence-corrected chi connectivity index (χ0v) is 33.1. The Bertz CT molecular complexity index is 1920. The van der Waals surface area contributed by atoms with Crippen molar-refractivity contribution in [1.29, 1.82) is 0 Å². The van der Waals surface area contributed by atoms with Crippen molar-refractivity contribution in [3.8, 4) is 0 Å². The highest BCUT2D eigenvalue weighted by Gasteiger charge is 2.60. The zero-order valence-electron chi connectivity index (χ0n) is 33.1. The Hall–Kier alpha value is -3.43. The minimum Gasteiger partial charge on any atom is -0.378 e. The van der Waals surface area contributed by atoms with Crippen LogP contribution in [-0.2, 0) is 16.0 Å². The van der Waals surface area contributed by atoms with E-state index in [1.165, 1.54) is 63.9 Å². The highest BCUT2D eigenvalue weighted by molar-refractivity contribution is 5.95. The zero-order chi connectivity index (χ0) is 38.2. The maximum absolute atomic E-state index is 15.0. The second kappa shape index (κ2) is 16.2. The Morgan fingerprint density at radius 3 is 2.47 bits per heavy atom. The first-order chi connectivity index (χ1) is 26.6. The van der Waals surface area contributed by atoms with Gasteiger partial charge >= 0.3 is 0 Å². The predicted molar refractivity (Wildman–Crippen MR) is 213 cm³/mol. The lowest BCUT2D eigenvalue weighted by atomic mass is 9.45. The third kappa shape index (κ3) is 7.69. The molecule has 296 valence electrons. The van der Waals surface area contributed by atoms with Gasteiger partial charge in [-0.1, -0.05) is 57.4 Å². The van der Waals surface area contributed by atoms with Crippen LogP contribution in [-0.4, -0.2) is 77.1 Å². The number of carbonyl (C=O) groups is 2. The Labute approximate surface area is 326 Å². The van der Waals surface area contributed by atoms with E-state index in [1.54, 1.807) is 23.1 Å². The number of amides is 1. The van der Waals surface area contributed by atoms with Crippen LogP contribution in [0.5, 0.6) is 0 Å². The van der Waals surface area contributed by atoms with Crippen LogP contribution in [0.4, 0.5) is 4.39 Å². The molecule has 1 saturated heterocycles. The second-order valence-corrected chi connectivity index (χ2v) is 18.3. The normalized spacial score (nSPS) is 30.9. The highest BCUT2D eigenvalue weighted by atomic mass is 19.1. The second-order valence-electron chi connectivity index (χ2n) is 18.3. The molecule has 8 nitrogen and oxygen atoms in total. The van der Waals surface area contributed by atoms with E-state index in [4.69, 9.17) is 4.74 Å². The van der Waals surface area contributed by atoms with Crippen molar-refractivity contribution < 1.29 is 18.7 Å². The number of H-pyrrole nitrogens is 1. The van der Waals surface area contributed by atoms with Crippen molar-refractivity contribution in [1.82, 2.24) is 20.0 Å².